The highest BCUT2D eigenvalue weighted by atomic mass is 16.5. The van der Waals surface area contributed by atoms with Crippen LogP contribution in [-0.4, -0.2) is 18.2 Å². The summed E-state index contributed by atoms with van der Waals surface area (Å²) in [4.78, 5) is 0. The number of hydrogen-bond acceptors (Lipinski definition) is 3. The molecule has 0 heterocycles. The first-order chi connectivity index (χ1) is 3.68. The lowest BCUT2D eigenvalue weighted by molar-refractivity contribution is 0.330. The van der Waals surface area contributed by atoms with Crippen molar-refractivity contribution in [1.29, 1.82) is 10.8 Å². The Morgan fingerprint density at radius 3 is 2.12 bits per heavy atom. The smallest absolute Gasteiger partial charge is 0.227 e. The van der Waals surface area contributed by atoms with Crippen molar-refractivity contribution in [3.63, 3.8) is 0 Å². The van der Waals surface area contributed by atoms with E-state index in [1.165, 1.54) is 6.92 Å². The maximum absolute atomic E-state index is 6.90. The average molecular weight is 114 g/mol. The quantitative estimate of drug-likeness (QED) is 0.409. The third-order valence-electron chi connectivity index (χ3n) is 0.629. The average Bonchev–Trinajstić information content (AvgIpc) is 1.67. The molecule has 0 spiro atoms. The normalized spacial score (nSPS) is 8.25. The standard InChI is InChI=1S/C5H10N2O/c1-3-8-5(7)4(2)6/h6-7H,3H2,1-2H3. The Hall–Kier alpha value is -0.860. The van der Waals surface area contributed by atoms with Crippen LogP contribution in [0.3, 0.4) is 0 Å². The Morgan fingerprint density at radius 2 is 2.00 bits per heavy atom. The third-order valence-corrected chi connectivity index (χ3v) is 0.629. The van der Waals surface area contributed by atoms with E-state index >= 15 is 0 Å². The highest BCUT2D eigenvalue weighted by Gasteiger charge is 1.95. The Bertz CT molecular complexity index is 109. The first-order valence-electron chi connectivity index (χ1n) is 2.45. The Labute approximate surface area is 48.7 Å². The molecular weight excluding hydrogens is 104 g/mol. The lowest BCUT2D eigenvalue weighted by Gasteiger charge is -1.99. The van der Waals surface area contributed by atoms with Gasteiger partial charge in [0, 0.05) is 0 Å². The first kappa shape index (κ1) is 7.14. The highest BCUT2D eigenvalue weighted by Crippen LogP contribution is 1.78. The predicted molar refractivity (Wildman–Crippen MR) is 32.8 cm³/mol. The van der Waals surface area contributed by atoms with Crippen LogP contribution in [0.25, 0.3) is 0 Å². The zero-order valence-corrected chi connectivity index (χ0v) is 5.12. The van der Waals surface area contributed by atoms with Gasteiger partial charge in [0.15, 0.2) is 0 Å². The lowest BCUT2D eigenvalue weighted by atomic mass is 10.4. The van der Waals surface area contributed by atoms with E-state index in [-0.39, 0.29) is 11.6 Å². The molecule has 46 valence electrons. The Morgan fingerprint density at radius 1 is 1.50 bits per heavy atom. The second kappa shape index (κ2) is 3.18. The molecule has 8 heavy (non-hydrogen) atoms. The molecule has 0 aromatic heterocycles. The van der Waals surface area contributed by atoms with Gasteiger partial charge in [0.2, 0.25) is 5.90 Å². The fourth-order valence-corrected chi connectivity index (χ4v) is 0.253. The van der Waals surface area contributed by atoms with Gasteiger partial charge in [-0.2, -0.15) is 0 Å². The zero-order valence-electron chi connectivity index (χ0n) is 5.12. The van der Waals surface area contributed by atoms with Gasteiger partial charge in [-0.05, 0) is 13.8 Å². The van der Waals surface area contributed by atoms with Crippen LogP contribution in [0.4, 0.5) is 0 Å². The largest absolute Gasteiger partial charge is 0.477 e. The van der Waals surface area contributed by atoms with E-state index < -0.39 is 0 Å². The number of nitrogens with one attached hydrogen (secondary N) is 2. The van der Waals surface area contributed by atoms with Crippen LogP contribution in [-0.2, 0) is 4.74 Å². The molecule has 0 unspecified atom stereocenters. The highest BCUT2D eigenvalue weighted by molar-refractivity contribution is 6.35. The van der Waals surface area contributed by atoms with Crippen molar-refractivity contribution in [1.82, 2.24) is 0 Å². The monoisotopic (exact) mass is 114 g/mol. The first-order valence-corrected chi connectivity index (χ1v) is 2.45. The molecule has 0 aliphatic heterocycles. The van der Waals surface area contributed by atoms with Gasteiger partial charge in [-0.15, -0.1) is 0 Å². The number of rotatable bonds is 2. The van der Waals surface area contributed by atoms with Crippen molar-refractivity contribution in [3.8, 4) is 0 Å². The van der Waals surface area contributed by atoms with E-state index in [2.05, 4.69) is 4.74 Å². The molecule has 0 aromatic carbocycles. The zero-order chi connectivity index (χ0) is 6.57. The molecule has 0 radical (unpaired) electrons. The number of hydrogen-bond donors (Lipinski definition) is 2. The van der Waals surface area contributed by atoms with Crippen molar-refractivity contribution in [3.05, 3.63) is 0 Å². The van der Waals surface area contributed by atoms with Gasteiger partial charge in [-0.25, -0.2) is 0 Å². The van der Waals surface area contributed by atoms with Crippen molar-refractivity contribution in [2.45, 2.75) is 13.8 Å². The van der Waals surface area contributed by atoms with E-state index in [1.807, 2.05) is 0 Å². The molecule has 0 amide bonds. The van der Waals surface area contributed by atoms with Gasteiger partial charge in [-0.1, -0.05) is 0 Å². The van der Waals surface area contributed by atoms with Crippen LogP contribution < -0.4 is 0 Å². The summed E-state index contributed by atoms with van der Waals surface area (Å²) in [5.41, 5.74) is 0.173. The molecule has 0 saturated carbocycles. The van der Waals surface area contributed by atoms with Gasteiger partial charge >= 0.3 is 0 Å². The lowest BCUT2D eigenvalue weighted by Crippen LogP contribution is -2.11. The molecule has 0 rings (SSSR count). The minimum absolute atomic E-state index is 0.0347. The van der Waals surface area contributed by atoms with Crippen LogP contribution in [0.2, 0.25) is 0 Å². The third kappa shape index (κ3) is 2.34. The molecular formula is C5H10N2O. The van der Waals surface area contributed by atoms with Crippen LogP contribution in [0.1, 0.15) is 13.8 Å². The Kier molecular flexibility index (Phi) is 2.84. The maximum atomic E-state index is 6.90. The molecule has 0 fully saturated rings. The summed E-state index contributed by atoms with van der Waals surface area (Å²) in [5, 5.41) is 13.8. The molecule has 3 nitrogen and oxygen atoms in total. The predicted octanol–water partition coefficient (Wildman–Crippen LogP) is 1.04. The van der Waals surface area contributed by atoms with Gasteiger partial charge in [0.25, 0.3) is 0 Å². The van der Waals surface area contributed by atoms with E-state index in [4.69, 9.17) is 10.8 Å². The molecule has 2 N–H and O–H groups in total. The molecule has 0 aliphatic carbocycles. The van der Waals surface area contributed by atoms with Crippen molar-refractivity contribution < 1.29 is 4.74 Å². The van der Waals surface area contributed by atoms with Gasteiger partial charge in [0.05, 0.1) is 12.3 Å². The SMILES string of the molecule is CCOC(=N)C(C)=N. The summed E-state index contributed by atoms with van der Waals surface area (Å²) in [6.45, 7) is 3.78. The summed E-state index contributed by atoms with van der Waals surface area (Å²) in [7, 11) is 0. The molecule has 0 atom stereocenters. The van der Waals surface area contributed by atoms with E-state index in [1.54, 1.807) is 6.92 Å². The maximum Gasteiger partial charge on any atom is 0.227 e. The van der Waals surface area contributed by atoms with E-state index in [0.29, 0.717) is 6.61 Å². The second-order valence-corrected chi connectivity index (χ2v) is 1.39. The molecule has 0 bridgehead atoms. The number of ether oxygens (including phenoxy) is 1. The van der Waals surface area contributed by atoms with E-state index in [9.17, 15) is 0 Å². The minimum Gasteiger partial charge on any atom is -0.477 e. The van der Waals surface area contributed by atoms with Crippen molar-refractivity contribution in [2.24, 2.45) is 0 Å². The van der Waals surface area contributed by atoms with Crippen LogP contribution in [0.15, 0.2) is 0 Å². The van der Waals surface area contributed by atoms with Gasteiger partial charge in [0.1, 0.15) is 0 Å². The summed E-state index contributed by atoms with van der Waals surface area (Å²) >= 11 is 0. The molecule has 3 heteroatoms. The summed E-state index contributed by atoms with van der Waals surface area (Å²) < 4.78 is 4.66. The molecule has 0 aromatic rings. The van der Waals surface area contributed by atoms with Crippen LogP contribution in [0.5, 0.6) is 0 Å². The topological polar surface area (TPSA) is 56.9 Å². The second-order valence-electron chi connectivity index (χ2n) is 1.39. The summed E-state index contributed by atoms with van der Waals surface area (Å²) in [6.07, 6.45) is 0. The molecule has 0 aliphatic rings. The Balaban J connectivity index is 3.49. The van der Waals surface area contributed by atoms with Crippen molar-refractivity contribution >= 4 is 11.6 Å². The summed E-state index contributed by atoms with van der Waals surface area (Å²) in [5.74, 6) is -0.0347. The fraction of sp³-hybridized carbons (Fsp3) is 0.600. The molecule has 0 saturated heterocycles. The minimum atomic E-state index is -0.0347. The summed E-state index contributed by atoms with van der Waals surface area (Å²) in [6, 6.07) is 0. The van der Waals surface area contributed by atoms with Crippen LogP contribution in [0, 0.1) is 10.8 Å². The van der Waals surface area contributed by atoms with Gasteiger partial charge in [-0.3, -0.25) is 5.41 Å². The van der Waals surface area contributed by atoms with E-state index in [0.717, 1.165) is 0 Å². The fourth-order valence-electron chi connectivity index (χ4n) is 0.253. The van der Waals surface area contributed by atoms with Crippen molar-refractivity contribution in [2.75, 3.05) is 6.61 Å². The van der Waals surface area contributed by atoms with Crippen LogP contribution >= 0.6 is 0 Å². The van der Waals surface area contributed by atoms with Gasteiger partial charge < -0.3 is 10.1 Å².